The Morgan fingerprint density at radius 3 is 3.13 bits per heavy atom. The van der Waals surface area contributed by atoms with E-state index in [0.717, 1.165) is 39.5 Å². The van der Waals surface area contributed by atoms with E-state index in [1.165, 1.54) is 0 Å². The van der Waals surface area contributed by atoms with E-state index >= 15 is 0 Å². The van der Waals surface area contributed by atoms with Gasteiger partial charge in [0.1, 0.15) is 12.4 Å². The van der Waals surface area contributed by atoms with Gasteiger partial charge in [0, 0.05) is 40.9 Å². The highest BCUT2D eigenvalue weighted by Gasteiger charge is 2.22. The minimum Gasteiger partial charge on any atom is -0.338 e. The molecule has 0 atom stereocenters. The molecule has 1 amide bonds. The Morgan fingerprint density at radius 2 is 2.26 bits per heavy atom. The lowest BCUT2D eigenvalue weighted by atomic mass is 10.2. The molecule has 0 spiro atoms. The van der Waals surface area contributed by atoms with Crippen LogP contribution in [0.2, 0.25) is 5.02 Å². The molecule has 1 aromatic carbocycles. The second kappa shape index (κ2) is 5.62. The number of nitrogens with one attached hydrogen (secondary N) is 1. The van der Waals surface area contributed by atoms with Gasteiger partial charge in [-0.15, -0.1) is 0 Å². The second-order valence-electron chi connectivity index (χ2n) is 5.59. The van der Waals surface area contributed by atoms with Crippen LogP contribution in [-0.2, 0) is 29.9 Å². The van der Waals surface area contributed by atoms with E-state index in [2.05, 4.69) is 10.4 Å². The topological polar surface area (TPSA) is 51.9 Å². The highest BCUT2D eigenvalue weighted by atomic mass is 35.5. The predicted octanol–water partition coefficient (Wildman–Crippen LogP) is 3.41. The summed E-state index contributed by atoms with van der Waals surface area (Å²) in [4.78, 5) is 12.4. The van der Waals surface area contributed by atoms with Gasteiger partial charge in [-0.25, -0.2) is 0 Å². The molecule has 4 rings (SSSR count). The molecule has 0 aliphatic carbocycles. The summed E-state index contributed by atoms with van der Waals surface area (Å²) in [5.41, 5.74) is 3.18. The van der Waals surface area contributed by atoms with Gasteiger partial charge in [-0.2, -0.15) is 16.9 Å². The van der Waals surface area contributed by atoms with Gasteiger partial charge in [0.05, 0.1) is 5.69 Å². The van der Waals surface area contributed by atoms with Crippen molar-refractivity contribution in [3.63, 3.8) is 0 Å². The van der Waals surface area contributed by atoms with Crippen molar-refractivity contribution in [1.82, 2.24) is 14.3 Å². The molecule has 1 aliphatic heterocycles. The van der Waals surface area contributed by atoms with E-state index < -0.39 is 0 Å². The van der Waals surface area contributed by atoms with Crippen molar-refractivity contribution in [2.75, 3.05) is 5.32 Å². The number of fused-ring (bicyclic) bond motifs is 2. The normalized spacial score (nSPS) is 13.5. The smallest absolute Gasteiger partial charge is 0.245 e. The highest BCUT2D eigenvalue weighted by molar-refractivity contribution is 7.98. The van der Waals surface area contributed by atoms with Crippen molar-refractivity contribution >= 4 is 46.0 Å². The van der Waals surface area contributed by atoms with Gasteiger partial charge in [0.25, 0.3) is 0 Å². The van der Waals surface area contributed by atoms with Gasteiger partial charge in [-0.1, -0.05) is 17.7 Å². The van der Waals surface area contributed by atoms with Crippen LogP contribution < -0.4 is 5.32 Å². The van der Waals surface area contributed by atoms with E-state index in [4.69, 9.17) is 11.6 Å². The average Bonchev–Trinajstić information content (AvgIpc) is 3.18. The predicted molar refractivity (Wildman–Crippen MR) is 93.8 cm³/mol. The average molecular weight is 347 g/mol. The Labute approximate surface area is 142 Å². The Hall–Kier alpha value is -1.92. The number of nitrogens with zero attached hydrogens (tertiary/aromatic N) is 3. The van der Waals surface area contributed by atoms with Crippen LogP contribution in [-0.4, -0.2) is 20.3 Å². The maximum Gasteiger partial charge on any atom is 0.245 e. The Morgan fingerprint density at radius 1 is 1.39 bits per heavy atom. The van der Waals surface area contributed by atoms with Crippen LogP contribution in [0.1, 0.15) is 11.3 Å². The zero-order valence-electron chi connectivity index (χ0n) is 12.5. The molecule has 5 nitrogen and oxygen atoms in total. The van der Waals surface area contributed by atoms with Crippen molar-refractivity contribution in [3.8, 4) is 0 Å². The molecule has 3 heterocycles. The number of halogens is 1. The van der Waals surface area contributed by atoms with Crippen LogP contribution in [0, 0.1) is 0 Å². The van der Waals surface area contributed by atoms with Gasteiger partial charge < -0.3 is 9.88 Å². The van der Waals surface area contributed by atoms with Gasteiger partial charge in [0.2, 0.25) is 5.91 Å². The third-order valence-corrected chi connectivity index (χ3v) is 5.23. The van der Waals surface area contributed by atoms with Crippen molar-refractivity contribution < 1.29 is 4.79 Å². The molecule has 0 fully saturated rings. The molecular formula is C16H15ClN4OS. The maximum atomic E-state index is 12.4. The largest absolute Gasteiger partial charge is 0.338 e. The summed E-state index contributed by atoms with van der Waals surface area (Å²) in [6.45, 7) is 0.247. The molecule has 2 aromatic heterocycles. The minimum atomic E-state index is -0.0647. The summed E-state index contributed by atoms with van der Waals surface area (Å²) in [6.07, 6.45) is 1.91. The van der Waals surface area contributed by atoms with E-state index in [0.29, 0.717) is 5.02 Å². The first-order chi connectivity index (χ1) is 11.1. The monoisotopic (exact) mass is 346 g/mol. The fourth-order valence-electron chi connectivity index (χ4n) is 2.92. The lowest BCUT2D eigenvalue weighted by Gasteiger charge is -2.09. The summed E-state index contributed by atoms with van der Waals surface area (Å²) in [5.74, 6) is 2.57. The number of amides is 1. The number of carbonyl (C=O) groups excluding carboxylic acids is 1. The van der Waals surface area contributed by atoms with E-state index in [-0.39, 0.29) is 12.5 Å². The molecule has 7 heteroatoms. The first-order valence-corrected chi connectivity index (χ1v) is 8.82. The molecule has 118 valence electrons. The highest BCUT2D eigenvalue weighted by Crippen LogP contribution is 2.34. The van der Waals surface area contributed by atoms with Crippen LogP contribution in [0.3, 0.4) is 0 Å². The molecule has 0 radical (unpaired) electrons. The number of benzene rings is 1. The van der Waals surface area contributed by atoms with Crippen LogP contribution in [0.15, 0.2) is 30.5 Å². The number of thioether (sulfide) groups is 1. The van der Waals surface area contributed by atoms with Gasteiger partial charge >= 0.3 is 0 Å². The zero-order valence-corrected chi connectivity index (χ0v) is 14.1. The quantitative estimate of drug-likeness (QED) is 0.790. The second-order valence-corrected chi connectivity index (χ2v) is 7.01. The zero-order chi connectivity index (χ0) is 16.0. The molecule has 0 bridgehead atoms. The molecular weight excluding hydrogens is 332 g/mol. The molecule has 0 saturated carbocycles. The lowest BCUT2D eigenvalue weighted by molar-refractivity contribution is -0.116. The molecule has 1 aliphatic rings. The number of hydrogen-bond acceptors (Lipinski definition) is 3. The van der Waals surface area contributed by atoms with Gasteiger partial charge in [-0.3, -0.25) is 9.48 Å². The molecule has 23 heavy (non-hydrogen) atoms. The first-order valence-electron chi connectivity index (χ1n) is 7.28. The van der Waals surface area contributed by atoms with Crippen molar-refractivity contribution in [2.45, 2.75) is 18.1 Å². The number of aryl methyl sites for hydroxylation is 1. The third kappa shape index (κ3) is 2.62. The maximum absolute atomic E-state index is 12.4. The molecule has 3 aromatic rings. The van der Waals surface area contributed by atoms with E-state index in [1.807, 2.05) is 53.8 Å². The lowest BCUT2D eigenvalue weighted by Crippen LogP contribution is -2.20. The number of aromatic nitrogens is 3. The number of carbonyl (C=O) groups is 1. The summed E-state index contributed by atoms with van der Waals surface area (Å²) >= 11 is 7.88. The SMILES string of the molecule is Cn1nc2c(c1NC(=O)Cn1ccc3ccc(Cl)cc31)CSC2. The number of rotatable bonds is 3. The van der Waals surface area contributed by atoms with E-state index in [9.17, 15) is 4.79 Å². The Bertz CT molecular complexity index is 914. The fourth-order valence-corrected chi connectivity index (χ4v) is 4.12. The summed E-state index contributed by atoms with van der Waals surface area (Å²) < 4.78 is 3.66. The summed E-state index contributed by atoms with van der Waals surface area (Å²) in [7, 11) is 1.86. The van der Waals surface area contributed by atoms with Crippen LogP contribution in [0.25, 0.3) is 10.9 Å². The third-order valence-electron chi connectivity index (χ3n) is 4.02. The van der Waals surface area contributed by atoms with Crippen molar-refractivity contribution in [3.05, 3.63) is 46.7 Å². The molecule has 1 N–H and O–H groups in total. The standard InChI is InChI=1S/C16H15ClN4OS/c1-20-16(12-8-23-9-13(12)19-20)18-15(22)7-21-5-4-10-2-3-11(17)6-14(10)21/h2-6H,7-9H2,1H3,(H,18,22). The van der Waals surface area contributed by atoms with Crippen LogP contribution >= 0.6 is 23.4 Å². The molecule has 0 unspecified atom stereocenters. The van der Waals surface area contributed by atoms with Crippen molar-refractivity contribution in [1.29, 1.82) is 0 Å². The first kappa shape index (κ1) is 14.7. The number of anilines is 1. The van der Waals surface area contributed by atoms with Crippen molar-refractivity contribution in [2.24, 2.45) is 7.05 Å². The van der Waals surface area contributed by atoms with Gasteiger partial charge in [-0.05, 0) is 23.6 Å². The fraction of sp³-hybridized carbons (Fsp3) is 0.250. The van der Waals surface area contributed by atoms with E-state index in [1.54, 1.807) is 4.68 Å². The Balaban J connectivity index is 1.57. The molecule has 0 saturated heterocycles. The van der Waals surface area contributed by atoms with Gasteiger partial charge in [0.15, 0.2) is 0 Å². The van der Waals surface area contributed by atoms with Crippen LogP contribution in [0.4, 0.5) is 5.82 Å². The minimum absolute atomic E-state index is 0.0647. The number of hydrogen-bond donors (Lipinski definition) is 1. The summed E-state index contributed by atoms with van der Waals surface area (Å²) in [5, 5.41) is 9.20. The van der Waals surface area contributed by atoms with Crippen LogP contribution in [0.5, 0.6) is 0 Å². The Kier molecular flexibility index (Phi) is 3.58. The summed E-state index contributed by atoms with van der Waals surface area (Å²) in [6, 6.07) is 7.67.